The predicted molar refractivity (Wildman–Crippen MR) is 44.5 cm³/mol. The number of aliphatic imine (C=N–C) groups is 1. The van der Waals surface area contributed by atoms with Gasteiger partial charge in [0.15, 0.2) is 0 Å². The minimum atomic E-state index is -0.0662. The lowest BCUT2D eigenvalue weighted by molar-refractivity contribution is -0.117. The summed E-state index contributed by atoms with van der Waals surface area (Å²) in [6.07, 6.45) is 5.52. The molecule has 0 saturated carbocycles. The Morgan fingerprint density at radius 3 is 3.09 bits per heavy atom. The van der Waals surface area contributed by atoms with E-state index in [1.54, 1.807) is 6.21 Å². The van der Waals surface area contributed by atoms with E-state index >= 15 is 0 Å². The molecular formula is C8H12N2O. The van der Waals surface area contributed by atoms with E-state index in [-0.39, 0.29) is 5.91 Å². The van der Waals surface area contributed by atoms with Gasteiger partial charge in [0, 0.05) is 12.8 Å². The van der Waals surface area contributed by atoms with E-state index < -0.39 is 0 Å². The molecule has 0 aromatic heterocycles. The second-order valence-corrected chi connectivity index (χ2v) is 2.34. The molecule has 0 atom stereocenters. The zero-order valence-electron chi connectivity index (χ0n) is 6.63. The number of nitrogens with one attached hydrogen (secondary N) is 1. The van der Waals surface area contributed by atoms with Crippen molar-refractivity contribution >= 4 is 12.1 Å². The molecule has 1 N–H and O–H groups in total. The average molecular weight is 152 g/mol. The highest BCUT2D eigenvalue weighted by Crippen LogP contribution is 2.05. The van der Waals surface area contributed by atoms with E-state index in [4.69, 9.17) is 0 Å². The topological polar surface area (TPSA) is 41.5 Å². The van der Waals surface area contributed by atoms with Gasteiger partial charge in [-0.25, -0.2) is 0 Å². The van der Waals surface area contributed by atoms with Gasteiger partial charge in [-0.15, -0.1) is 0 Å². The van der Waals surface area contributed by atoms with Crippen LogP contribution in [0.15, 0.2) is 16.8 Å². The maximum atomic E-state index is 11.1. The lowest BCUT2D eigenvalue weighted by Gasteiger charge is -2.04. The molecule has 0 aromatic carbocycles. The van der Waals surface area contributed by atoms with E-state index in [1.165, 1.54) is 0 Å². The number of nitrogens with zero attached hydrogens (tertiary/aromatic N) is 1. The fourth-order valence-electron chi connectivity index (χ4n) is 0.913. The first kappa shape index (κ1) is 7.98. The van der Waals surface area contributed by atoms with Gasteiger partial charge in [-0.3, -0.25) is 9.79 Å². The molecule has 1 aliphatic heterocycles. The fraction of sp³-hybridized carbons (Fsp3) is 0.500. The van der Waals surface area contributed by atoms with Crippen molar-refractivity contribution in [3.8, 4) is 0 Å². The number of allylic oxidation sites excluding steroid dienone is 1. The monoisotopic (exact) mass is 152 g/mol. The second kappa shape index (κ2) is 3.91. The van der Waals surface area contributed by atoms with Crippen LogP contribution in [0.3, 0.4) is 0 Å². The van der Waals surface area contributed by atoms with Crippen molar-refractivity contribution in [2.24, 2.45) is 4.99 Å². The third-order valence-electron chi connectivity index (χ3n) is 1.43. The summed E-state index contributed by atoms with van der Waals surface area (Å²) >= 11 is 0. The quantitative estimate of drug-likeness (QED) is 0.626. The van der Waals surface area contributed by atoms with Gasteiger partial charge in [0.1, 0.15) is 5.70 Å². The van der Waals surface area contributed by atoms with Crippen LogP contribution in [0, 0.1) is 0 Å². The Morgan fingerprint density at radius 2 is 2.55 bits per heavy atom. The lowest BCUT2D eigenvalue weighted by Crippen LogP contribution is -2.24. The van der Waals surface area contributed by atoms with Gasteiger partial charge in [-0.2, -0.15) is 0 Å². The van der Waals surface area contributed by atoms with E-state index in [0.717, 1.165) is 12.8 Å². The fourth-order valence-corrected chi connectivity index (χ4v) is 0.913. The standard InChI is InChI=1S/C8H12N2O/c1-2-9-8(11)7-5-3-4-6-10-7/h5-6H,2-4H2,1H3,(H,9,11). The Hall–Kier alpha value is -1.12. The number of carbonyl (C=O) groups excluding carboxylic acids is 1. The summed E-state index contributed by atoms with van der Waals surface area (Å²) in [6.45, 7) is 2.55. The summed E-state index contributed by atoms with van der Waals surface area (Å²) in [6, 6.07) is 0. The zero-order valence-corrected chi connectivity index (χ0v) is 6.63. The zero-order chi connectivity index (χ0) is 8.10. The molecule has 0 fully saturated rings. The first-order valence-electron chi connectivity index (χ1n) is 3.85. The van der Waals surface area contributed by atoms with Crippen LogP contribution in [-0.4, -0.2) is 18.7 Å². The van der Waals surface area contributed by atoms with E-state index in [2.05, 4.69) is 10.3 Å². The highest BCUT2D eigenvalue weighted by Gasteiger charge is 2.06. The highest BCUT2D eigenvalue weighted by atomic mass is 16.2. The van der Waals surface area contributed by atoms with Crippen molar-refractivity contribution in [3.63, 3.8) is 0 Å². The molecular weight excluding hydrogens is 140 g/mol. The summed E-state index contributed by atoms with van der Waals surface area (Å²) in [7, 11) is 0. The first-order chi connectivity index (χ1) is 5.34. The molecule has 3 nitrogen and oxygen atoms in total. The van der Waals surface area contributed by atoms with Crippen LogP contribution >= 0.6 is 0 Å². The van der Waals surface area contributed by atoms with Crippen molar-refractivity contribution in [1.29, 1.82) is 0 Å². The molecule has 60 valence electrons. The van der Waals surface area contributed by atoms with Crippen molar-refractivity contribution in [1.82, 2.24) is 5.32 Å². The molecule has 0 aromatic rings. The summed E-state index contributed by atoms with van der Waals surface area (Å²) in [5, 5.41) is 2.69. The van der Waals surface area contributed by atoms with Crippen LogP contribution in [0.4, 0.5) is 0 Å². The number of hydrogen-bond donors (Lipinski definition) is 1. The Bertz CT molecular complexity index is 206. The summed E-state index contributed by atoms with van der Waals surface area (Å²) in [5.74, 6) is -0.0662. The van der Waals surface area contributed by atoms with Crippen LogP contribution in [0.1, 0.15) is 19.8 Å². The molecule has 0 bridgehead atoms. The molecule has 1 aliphatic rings. The Kier molecular flexibility index (Phi) is 2.83. The van der Waals surface area contributed by atoms with Gasteiger partial charge in [-0.1, -0.05) is 6.08 Å². The minimum absolute atomic E-state index is 0.0662. The van der Waals surface area contributed by atoms with Gasteiger partial charge in [0.2, 0.25) is 0 Å². The molecule has 0 saturated heterocycles. The third kappa shape index (κ3) is 2.18. The SMILES string of the molecule is CCNC(=O)C1=CCCC=N1. The summed E-state index contributed by atoms with van der Waals surface area (Å²) in [4.78, 5) is 15.1. The Balaban J connectivity index is 2.52. The van der Waals surface area contributed by atoms with E-state index in [1.807, 2.05) is 13.0 Å². The number of hydrogen-bond acceptors (Lipinski definition) is 2. The van der Waals surface area contributed by atoms with Gasteiger partial charge in [0.05, 0.1) is 0 Å². The smallest absolute Gasteiger partial charge is 0.269 e. The number of carbonyl (C=O) groups is 1. The molecule has 1 rings (SSSR count). The van der Waals surface area contributed by atoms with Gasteiger partial charge >= 0.3 is 0 Å². The Labute approximate surface area is 66.2 Å². The van der Waals surface area contributed by atoms with Crippen LogP contribution in [0.25, 0.3) is 0 Å². The molecule has 11 heavy (non-hydrogen) atoms. The van der Waals surface area contributed by atoms with Crippen molar-refractivity contribution in [3.05, 3.63) is 11.8 Å². The minimum Gasteiger partial charge on any atom is -0.351 e. The molecule has 1 heterocycles. The molecule has 0 unspecified atom stereocenters. The van der Waals surface area contributed by atoms with Crippen molar-refractivity contribution in [2.75, 3.05) is 6.54 Å². The molecule has 1 amide bonds. The molecule has 0 spiro atoms. The number of amides is 1. The highest BCUT2D eigenvalue weighted by molar-refractivity contribution is 5.94. The van der Waals surface area contributed by atoms with Gasteiger partial charge < -0.3 is 5.32 Å². The van der Waals surface area contributed by atoms with E-state index in [0.29, 0.717) is 12.2 Å². The molecule has 0 radical (unpaired) electrons. The van der Waals surface area contributed by atoms with Crippen LogP contribution in [-0.2, 0) is 4.79 Å². The van der Waals surface area contributed by atoms with Crippen molar-refractivity contribution in [2.45, 2.75) is 19.8 Å². The maximum absolute atomic E-state index is 11.1. The van der Waals surface area contributed by atoms with Gasteiger partial charge in [0.25, 0.3) is 5.91 Å². The molecule has 0 aliphatic carbocycles. The maximum Gasteiger partial charge on any atom is 0.269 e. The second-order valence-electron chi connectivity index (χ2n) is 2.34. The average Bonchev–Trinajstić information content (AvgIpc) is 2.07. The van der Waals surface area contributed by atoms with Crippen LogP contribution in [0.5, 0.6) is 0 Å². The number of rotatable bonds is 2. The largest absolute Gasteiger partial charge is 0.351 e. The van der Waals surface area contributed by atoms with Crippen LogP contribution < -0.4 is 5.32 Å². The van der Waals surface area contributed by atoms with E-state index in [9.17, 15) is 4.79 Å². The van der Waals surface area contributed by atoms with Gasteiger partial charge in [-0.05, 0) is 19.8 Å². The third-order valence-corrected chi connectivity index (χ3v) is 1.43. The number of likely N-dealkylation sites (N-methyl/N-ethyl adjacent to an activating group) is 1. The predicted octanol–water partition coefficient (Wildman–Crippen LogP) is 0.871. The lowest BCUT2D eigenvalue weighted by atomic mass is 10.2. The van der Waals surface area contributed by atoms with Crippen LogP contribution in [0.2, 0.25) is 0 Å². The Morgan fingerprint density at radius 1 is 1.73 bits per heavy atom. The molecule has 3 heteroatoms. The first-order valence-corrected chi connectivity index (χ1v) is 3.85. The summed E-state index contributed by atoms with van der Waals surface area (Å²) < 4.78 is 0. The summed E-state index contributed by atoms with van der Waals surface area (Å²) in [5.41, 5.74) is 0.554. The normalized spacial score (nSPS) is 15.9. The van der Waals surface area contributed by atoms with Crippen molar-refractivity contribution < 1.29 is 4.79 Å².